The van der Waals surface area contributed by atoms with Gasteiger partial charge in [-0.15, -0.1) is 0 Å². The molecule has 3 rings (SSSR count). The lowest BCUT2D eigenvalue weighted by atomic mass is 10.1. The maximum absolute atomic E-state index is 12.8. The molecule has 12 nitrogen and oxygen atoms in total. The number of benzene rings is 3. The van der Waals surface area contributed by atoms with Gasteiger partial charge in [0.05, 0.1) is 37.6 Å². The number of unbranched alkanes of at least 4 members (excludes halogenated alkanes) is 4. The molecule has 0 unspecified atom stereocenters. The number of esters is 4. The van der Waals surface area contributed by atoms with Crippen LogP contribution in [0.15, 0.2) is 92.0 Å². The normalized spacial score (nSPS) is 10.3. The van der Waals surface area contributed by atoms with Gasteiger partial charge in [-0.25, -0.2) is 24.0 Å². The summed E-state index contributed by atoms with van der Waals surface area (Å²) in [7, 11) is 0. The molecule has 0 amide bonds. The first kappa shape index (κ1) is 37.5. The Labute approximate surface area is 283 Å². The van der Waals surface area contributed by atoms with E-state index in [2.05, 4.69) is 13.2 Å². The zero-order valence-corrected chi connectivity index (χ0v) is 26.9. The molecule has 0 spiro atoms. The zero-order valence-electron chi connectivity index (χ0n) is 26.9. The van der Waals surface area contributed by atoms with Gasteiger partial charge in [-0.1, -0.05) is 13.2 Å². The summed E-state index contributed by atoms with van der Waals surface area (Å²) < 4.78 is 31.9. The highest BCUT2D eigenvalue weighted by Crippen LogP contribution is 2.27. The lowest BCUT2D eigenvalue weighted by Gasteiger charge is -2.11. The third-order valence-electron chi connectivity index (χ3n) is 6.71. The summed E-state index contributed by atoms with van der Waals surface area (Å²) in [6.07, 6.45) is 6.71. The molecule has 0 aliphatic heterocycles. The van der Waals surface area contributed by atoms with E-state index in [1.165, 1.54) is 36.4 Å². The van der Waals surface area contributed by atoms with Crippen LogP contribution in [0.4, 0.5) is 0 Å². The minimum absolute atomic E-state index is 0.0550. The lowest BCUT2D eigenvalue weighted by Crippen LogP contribution is -2.13. The first-order valence-electron chi connectivity index (χ1n) is 15.6. The van der Waals surface area contributed by atoms with E-state index in [1.54, 1.807) is 24.3 Å². The SMILES string of the molecule is C=CC(=O)OCCCCCOc1ccc(C(=O)Oc2ccc(OC(=O)c3ccc(OCCCCCOC(=O)C=C)cc3)c(C(=O)O)c2)cc1. The average Bonchev–Trinajstić information content (AvgIpc) is 3.11. The van der Waals surface area contributed by atoms with E-state index in [1.807, 2.05) is 0 Å². The Morgan fingerprint density at radius 3 is 1.43 bits per heavy atom. The van der Waals surface area contributed by atoms with Crippen LogP contribution in [0.2, 0.25) is 0 Å². The maximum atomic E-state index is 12.8. The number of hydrogen-bond acceptors (Lipinski definition) is 11. The van der Waals surface area contributed by atoms with Crippen LogP contribution in [0.5, 0.6) is 23.0 Å². The highest BCUT2D eigenvalue weighted by atomic mass is 16.5. The van der Waals surface area contributed by atoms with Crippen molar-refractivity contribution in [3.63, 3.8) is 0 Å². The summed E-state index contributed by atoms with van der Waals surface area (Å²) in [5.41, 5.74) is 0.00501. The van der Waals surface area contributed by atoms with Crippen LogP contribution in [0.3, 0.4) is 0 Å². The van der Waals surface area contributed by atoms with Crippen LogP contribution in [-0.2, 0) is 19.1 Å². The Hall–Kier alpha value is -5.91. The molecule has 0 aromatic heterocycles. The third kappa shape index (κ3) is 13.4. The highest BCUT2D eigenvalue weighted by molar-refractivity contribution is 5.96. The van der Waals surface area contributed by atoms with Gasteiger partial charge in [0.25, 0.3) is 0 Å². The Kier molecular flexibility index (Phi) is 15.6. The molecular weight excluding hydrogens is 636 g/mol. The summed E-state index contributed by atoms with van der Waals surface area (Å²) in [5.74, 6) is -3.00. The van der Waals surface area contributed by atoms with Crippen LogP contribution >= 0.6 is 0 Å². The molecule has 0 aliphatic carbocycles. The standard InChI is InChI=1S/C37H38O12/c1-3-33(38)46-23-9-5-7-21-44-28-15-11-26(12-16-28)36(42)48-30-19-20-32(31(25-30)35(40)41)49-37(43)27-13-17-29(18-14-27)45-22-8-6-10-24-47-34(39)4-2/h3-4,11-20,25H,1-2,5-10,21-24H2,(H,40,41). The minimum atomic E-state index is -1.39. The molecule has 0 saturated heterocycles. The fourth-order valence-electron chi connectivity index (χ4n) is 4.13. The molecule has 49 heavy (non-hydrogen) atoms. The number of ether oxygens (including phenoxy) is 6. The van der Waals surface area contributed by atoms with Gasteiger partial charge in [0.1, 0.15) is 28.6 Å². The molecule has 0 atom stereocenters. The molecule has 3 aromatic rings. The summed E-state index contributed by atoms with van der Waals surface area (Å²) in [5, 5.41) is 9.73. The number of carboxylic acid groups (broad SMARTS) is 1. The van der Waals surface area contributed by atoms with Crippen molar-refractivity contribution in [2.75, 3.05) is 26.4 Å². The maximum Gasteiger partial charge on any atom is 0.343 e. The molecule has 1 N–H and O–H groups in total. The number of carbonyl (C=O) groups is 5. The summed E-state index contributed by atoms with van der Waals surface area (Å²) in [6.45, 7) is 8.17. The van der Waals surface area contributed by atoms with Gasteiger partial charge in [0.2, 0.25) is 0 Å². The predicted molar refractivity (Wildman–Crippen MR) is 177 cm³/mol. The second-order valence-electron chi connectivity index (χ2n) is 10.4. The molecular formula is C37H38O12. The van der Waals surface area contributed by atoms with Crippen molar-refractivity contribution in [1.82, 2.24) is 0 Å². The van der Waals surface area contributed by atoms with Gasteiger partial charge in [-0.3, -0.25) is 0 Å². The molecule has 12 heteroatoms. The van der Waals surface area contributed by atoms with Crippen LogP contribution in [0.25, 0.3) is 0 Å². The first-order chi connectivity index (χ1) is 23.7. The third-order valence-corrected chi connectivity index (χ3v) is 6.71. The van der Waals surface area contributed by atoms with Crippen LogP contribution in [0.1, 0.15) is 69.6 Å². The number of rotatable bonds is 21. The van der Waals surface area contributed by atoms with Crippen LogP contribution in [0, 0.1) is 0 Å². The number of carbonyl (C=O) groups excluding carboxylic acids is 4. The Bertz CT molecular complexity index is 1590. The molecule has 0 heterocycles. The molecule has 0 aliphatic rings. The van der Waals surface area contributed by atoms with Crippen molar-refractivity contribution in [3.05, 3.63) is 109 Å². The smallest absolute Gasteiger partial charge is 0.343 e. The van der Waals surface area contributed by atoms with Crippen molar-refractivity contribution in [2.45, 2.75) is 38.5 Å². The first-order valence-corrected chi connectivity index (χ1v) is 15.6. The van der Waals surface area contributed by atoms with Crippen LogP contribution < -0.4 is 18.9 Å². The Morgan fingerprint density at radius 2 is 0.980 bits per heavy atom. The van der Waals surface area contributed by atoms with E-state index in [-0.39, 0.29) is 28.2 Å². The van der Waals surface area contributed by atoms with E-state index in [0.717, 1.165) is 43.9 Å². The van der Waals surface area contributed by atoms with Gasteiger partial charge in [-0.2, -0.15) is 0 Å². The molecule has 0 radical (unpaired) electrons. The van der Waals surface area contributed by atoms with E-state index >= 15 is 0 Å². The average molecular weight is 675 g/mol. The Morgan fingerprint density at radius 1 is 0.551 bits per heavy atom. The largest absolute Gasteiger partial charge is 0.494 e. The number of aromatic carboxylic acids is 1. The molecule has 3 aromatic carbocycles. The topological polar surface area (TPSA) is 161 Å². The monoisotopic (exact) mass is 674 g/mol. The lowest BCUT2D eigenvalue weighted by molar-refractivity contribution is -0.138. The predicted octanol–water partition coefficient (Wildman–Crippen LogP) is 6.38. The highest BCUT2D eigenvalue weighted by Gasteiger charge is 2.19. The van der Waals surface area contributed by atoms with Crippen molar-refractivity contribution >= 4 is 29.8 Å². The number of hydrogen-bond donors (Lipinski definition) is 1. The van der Waals surface area contributed by atoms with Gasteiger partial charge in [0, 0.05) is 12.2 Å². The summed E-state index contributed by atoms with van der Waals surface area (Å²) in [4.78, 5) is 59.4. The van der Waals surface area contributed by atoms with E-state index in [0.29, 0.717) is 50.8 Å². The van der Waals surface area contributed by atoms with Crippen LogP contribution in [-0.4, -0.2) is 61.4 Å². The zero-order chi connectivity index (χ0) is 35.4. The van der Waals surface area contributed by atoms with E-state index in [4.69, 9.17) is 28.4 Å². The van der Waals surface area contributed by atoms with E-state index in [9.17, 15) is 29.1 Å². The quantitative estimate of drug-likeness (QED) is 0.0575. The van der Waals surface area contributed by atoms with Crippen molar-refractivity contribution in [1.29, 1.82) is 0 Å². The van der Waals surface area contributed by atoms with Gasteiger partial charge in [-0.05, 0) is 105 Å². The summed E-state index contributed by atoms with van der Waals surface area (Å²) in [6, 6.07) is 16.1. The second kappa shape index (κ2) is 20.4. The molecule has 0 bridgehead atoms. The van der Waals surface area contributed by atoms with Gasteiger partial charge < -0.3 is 33.5 Å². The van der Waals surface area contributed by atoms with Crippen molar-refractivity contribution in [3.8, 4) is 23.0 Å². The molecule has 0 saturated carbocycles. The fraction of sp³-hybridized carbons (Fsp3) is 0.270. The molecule has 0 fully saturated rings. The molecule has 258 valence electrons. The van der Waals surface area contributed by atoms with Gasteiger partial charge >= 0.3 is 29.8 Å². The fourth-order valence-corrected chi connectivity index (χ4v) is 4.13. The van der Waals surface area contributed by atoms with Crippen molar-refractivity contribution in [2.24, 2.45) is 0 Å². The van der Waals surface area contributed by atoms with E-state index < -0.39 is 29.8 Å². The Balaban J connectivity index is 1.46. The summed E-state index contributed by atoms with van der Waals surface area (Å²) >= 11 is 0. The van der Waals surface area contributed by atoms with Gasteiger partial charge in [0.15, 0.2) is 0 Å². The second-order valence-corrected chi connectivity index (χ2v) is 10.4. The number of carboxylic acids is 1. The van der Waals surface area contributed by atoms with Crippen molar-refractivity contribution < 1.29 is 57.5 Å². The minimum Gasteiger partial charge on any atom is -0.494 e.